The van der Waals surface area contributed by atoms with E-state index in [1.807, 2.05) is 43.3 Å². The van der Waals surface area contributed by atoms with Gasteiger partial charge in [0.2, 0.25) is 11.8 Å². The standard InChI is InChI=1S/C29H35FN4O5/c1-18(20-13-14-21(22(30)15-20)19-11-9-8-10-12-19)23-16-24(39-33-23)34(17-25(35)37-28(2,3)4)26(31)32-27(36)38-29(5,6)7/h8-16,18H,17H2,1-7H3,(H2,31,32,36). The Bertz CT molecular complexity index is 1340. The number of nitrogens with two attached hydrogens (primary N) is 1. The molecule has 0 saturated heterocycles. The van der Waals surface area contributed by atoms with E-state index < -0.39 is 29.8 Å². The smallest absolute Gasteiger partial charge is 0.437 e. The lowest BCUT2D eigenvalue weighted by Crippen LogP contribution is -2.43. The van der Waals surface area contributed by atoms with Crippen molar-refractivity contribution in [2.75, 3.05) is 11.4 Å². The number of amides is 1. The number of carbonyl (C=O) groups excluding carboxylic acids is 2. The number of esters is 1. The van der Waals surface area contributed by atoms with Gasteiger partial charge in [-0.05, 0) is 58.7 Å². The number of aliphatic imine (C=N–C) groups is 1. The maximum Gasteiger partial charge on any atom is 0.437 e. The number of aromatic nitrogens is 1. The zero-order chi connectivity index (χ0) is 29.0. The van der Waals surface area contributed by atoms with E-state index in [0.717, 1.165) is 5.56 Å². The van der Waals surface area contributed by atoms with Gasteiger partial charge in [0.05, 0.1) is 5.69 Å². The van der Waals surface area contributed by atoms with Gasteiger partial charge in [0, 0.05) is 17.5 Å². The molecule has 0 saturated carbocycles. The third-order valence-corrected chi connectivity index (χ3v) is 5.39. The predicted molar refractivity (Wildman–Crippen MR) is 147 cm³/mol. The average Bonchev–Trinajstić information content (AvgIpc) is 3.30. The topological polar surface area (TPSA) is 120 Å². The summed E-state index contributed by atoms with van der Waals surface area (Å²) in [7, 11) is 0. The van der Waals surface area contributed by atoms with Gasteiger partial charge < -0.3 is 19.7 Å². The van der Waals surface area contributed by atoms with Crippen LogP contribution >= 0.6 is 0 Å². The van der Waals surface area contributed by atoms with Crippen molar-refractivity contribution in [3.05, 3.63) is 71.7 Å². The van der Waals surface area contributed by atoms with Crippen molar-refractivity contribution in [2.45, 2.75) is 65.6 Å². The maximum absolute atomic E-state index is 15.0. The Morgan fingerprint density at radius 2 is 1.67 bits per heavy atom. The van der Waals surface area contributed by atoms with Crippen molar-refractivity contribution < 1.29 is 28.0 Å². The monoisotopic (exact) mass is 538 g/mol. The number of ether oxygens (including phenoxy) is 2. The quantitative estimate of drug-likeness (QED) is 0.229. The summed E-state index contributed by atoms with van der Waals surface area (Å²) in [6, 6.07) is 15.8. The molecule has 0 aliphatic rings. The molecule has 10 heteroatoms. The van der Waals surface area contributed by atoms with E-state index in [1.165, 1.54) is 11.0 Å². The molecular formula is C29H35FN4O5. The van der Waals surface area contributed by atoms with E-state index in [9.17, 15) is 14.0 Å². The number of benzene rings is 2. The summed E-state index contributed by atoms with van der Waals surface area (Å²) in [6.07, 6.45) is -0.934. The van der Waals surface area contributed by atoms with Crippen LogP contribution in [0, 0.1) is 5.82 Å². The van der Waals surface area contributed by atoms with Crippen LogP contribution in [0.4, 0.5) is 15.1 Å². The van der Waals surface area contributed by atoms with Crippen LogP contribution in [0.25, 0.3) is 11.1 Å². The number of nitrogens with zero attached hydrogens (tertiary/aromatic N) is 3. The Morgan fingerprint density at radius 1 is 1.03 bits per heavy atom. The van der Waals surface area contributed by atoms with Crippen LogP contribution in [-0.2, 0) is 14.3 Å². The van der Waals surface area contributed by atoms with Crippen LogP contribution in [0.3, 0.4) is 0 Å². The van der Waals surface area contributed by atoms with Gasteiger partial charge in [-0.2, -0.15) is 0 Å². The fourth-order valence-electron chi connectivity index (χ4n) is 3.65. The summed E-state index contributed by atoms with van der Waals surface area (Å²) in [4.78, 5) is 29.8. The molecule has 1 amide bonds. The van der Waals surface area contributed by atoms with Crippen molar-refractivity contribution in [1.82, 2.24) is 5.16 Å². The summed E-state index contributed by atoms with van der Waals surface area (Å²) in [5, 5.41) is 4.11. The second-order valence-electron chi connectivity index (χ2n) is 11.0. The van der Waals surface area contributed by atoms with Crippen molar-refractivity contribution in [3.8, 4) is 11.1 Å². The molecule has 0 fully saturated rings. The van der Waals surface area contributed by atoms with Gasteiger partial charge in [0.25, 0.3) is 0 Å². The van der Waals surface area contributed by atoms with E-state index in [2.05, 4.69) is 10.1 Å². The van der Waals surface area contributed by atoms with Crippen LogP contribution in [0.5, 0.6) is 0 Å². The van der Waals surface area contributed by atoms with Crippen molar-refractivity contribution in [1.29, 1.82) is 0 Å². The number of guanidine groups is 1. The molecule has 1 unspecified atom stereocenters. The largest absolute Gasteiger partial charge is 0.459 e. The Kier molecular flexibility index (Phi) is 8.78. The van der Waals surface area contributed by atoms with Crippen molar-refractivity contribution in [3.63, 3.8) is 0 Å². The molecule has 2 N–H and O–H groups in total. The summed E-state index contributed by atoms with van der Waals surface area (Å²) in [5.74, 6) is -1.66. The predicted octanol–water partition coefficient (Wildman–Crippen LogP) is 6.03. The molecule has 3 aromatic rings. The molecule has 0 radical (unpaired) electrons. The van der Waals surface area contributed by atoms with Crippen LogP contribution < -0.4 is 10.6 Å². The first-order valence-electron chi connectivity index (χ1n) is 12.5. The average molecular weight is 539 g/mol. The minimum absolute atomic E-state index is 0.0499. The lowest BCUT2D eigenvalue weighted by atomic mass is 9.95. The zero-order valence-electron chi connectivity index (χ0n) is 23.3. The first-order chi connectivity index (χ1) is 18.1. The minimum Gasteiger partial charge on any atom is -0.459 e. The zero-order valence-corrected chi connectivity index (χ0v) is 23.3. The first-order valence-corrected chi connectivity index (χ1v) is 12.5. The molecule has 208 valence electrons. The third-order valence-electron chi connectivity index (χ3n) is 5.39. The van der Waals surface area contributed by atoms with E-state index in [1.54, 1.807) is 53.7 Å². The number of halogens is 1. The molecule has 0 bridgehead atoms. The normalized spacial score (nSPS) is 13.1. The van der Waals surface area contributed by atoms with Gasteiger partial charge in [-0.1, -0.05) is 54.5 Å². The highest BCUT2D eigenvalue weighted by molar-refractivity contribution is 6.02. The number of rotatable bonds is 6. The van der Waals surface area contributed by atoms with Crippen molar-refractivity contribution in [2.24, 2.45) is 10.7 Å². The van der Waals surface area contributed by atoms with Gasteiger partial charge in [0.15, 0.2) is 0 Å². The SMILES string of the molecule is CC(c1ccc(-c2ccccc2)c(F)c1)c1cc(N(CC(=O)OC(C)(C)C)C(N)=NC(=O)OC(C)(C)C)on1. The lowest BCUT2D eigenvalue weighted by Gasteiger charge is -2.24. The van der Waals surface area contributed by atoms with E-state index in [4.69, 9.17) is 19.7 Å². The summed E-state index contributed by atoms with van der Waals surface area (Å²) in [6.45, 7) is 11.7. The third kappa shape index (κ3) is 8.39. The van der Waals surface area contributed by atoms with Gasteiger partial charge >= 0.3 is 12.1 Å². The fraction of sp³-hybridized carbons (Fsp3) is 0.379. The summed E-state index contributed by atoms with van der Waals surface area (Å²) in [5.41, 5.74) is 6.94. The van der Waals surface area contributed by atoms with E-state index >= 15 is 0 Å². The Morgan fingerprint density at radius 3 is 2.26 bits per heavy atom. The van der Waals surface area contributed by atoms with Crippen LogP contribution in [0.15, 0.2) is 64.1 Å². The number of anilines is 1. The Balaban J connectivity index is 1.89. The Labute approximate surface area is 227 Å². The van der Waals surface area contributed by atoms with Gasteiger partial charge in [-0.3, -0.25) is 9.69 Å². The lowest BCUT2D eigenvalue weighted by molar-refractivity contribution is -0.152. The first kappa shape index (κ1) is 29.3. The molecule has 0 aliphatic heterocycles. The molecule has 39 heavy (non-hydrogen) atoms. The molecular weight excluding hydrogens is 503 g/mol. The highest BCUT2D eigenvalue weighted by Crippen LogP contribution is 2.31. The molecule has 0 spiro atoms. The van der Waals surface area contributed by atoms with Crippen molar-refractivity contribution >= 4 is 23.9 Å². The highest BCUT2D eigenvalue weighted by atomic mass is 19.1. The van der Waals surface area contributed by atoms with Gasteiger partial charge in [-0.15, -0.1) is 4.99 Å². The maximum atomic E-state index is 15.0. The van der Waals surface area contributed by atoms with Crippen LogP contribution in [-0.4, -0.2) is 40.9 Å². The van der Waals surface area contributed by atoms with Crippen LogP contribution in [0.1, 0.15) is 65.6 Å². The molecule has 3 rings (SSSR count). The molecule has 2 aromatic carbocycles. The number of hydrogen-bond donors (Lipinski definition) is 1. The number of hydrogen-bond acceptors (Lipinski definition) is 6. The molecule has 0 aliphatic carbocycles. The highest BCUT2D eigenvalue weighted by Gasteiger charge is 2.27. The van der Waals surface area contributed by atoms with E-state index in [-0.39, 0.29) is 23.6 Å². The number of carbonyl (C=O) groups is 2. The summed E-state index contributed by atoms with van der Waals surface area (Å²) < 4.78 is 31.1. The molecule has 1 heterocycles. The molecule has 1 atom stereocenters. The fourth-order valence-corrected chi connectivity index (χ4v) is 3.65. The van der Waals surface area contributed by atoms with Gasteiger partial charge in [-0.25, -0.2) is 9.18 Å². The minimum atomic E-state index is -0.934. The Hall–Kier alpha value is -4.21. The summed E-state index contributed by atoms with van der Waals surface area (Å²) >= 11 is 0. The second-order valence-corrected chi connectivity index (χ2v) is 11.0. The van der Waals surface area contributed by atoms with E-state index in [0.29, 0.717) is 16.8 Å². The van der Waals surface area contributed by atoms with Gasteiger partial charge in [0.1, 0.15) is 23.6 Å². The molecule has 1 aromatic heterocycles. The second kappa shape index (κ2) is 11.7. The molecule has 9 nitrogen and oxygen atoms in total. The van der Waals surface area contributed by atoms with Crippen LogP contribution in [0.2, 0.25) is 0 Å².